The highest BCUT2D eigenvalue weighted by atomic mass is 19.1. The largest absolute Gasteiger partial charge is 0.496 e. The van der Waals surface area contributed by atoms with E-state index in [1.807, 2.05) is 18.2 Å². The molecule has 0 N–H and O–H groups in total. The monoisotopic (exact) mass is 507 g/mol. The maximum Gasteiger partial charge on any atom is 0.336 e. The SMILES string of the molecule is CCOC(=O)C1=C(C)N=C2C[C@@H](c3ccccc3OC)[C@@H](C(=O)OCC)C(=O)C2[C@@H]1c1ccc(F)cc1. The molecule has 7 nitrogen and oxygen atoms in total. The van der Waals surface area contributed by atoms with E-state index in [0.717, 1.165) is 0 Å². The van der Waals surface area contributed by atoms with Crippen molar-refractivity contribution in [3.05, 3.63) is 76.7 Å². The van der Waals surface area contributed by atoms with Crippen LogP contribution in [0.1, 0.15) is 50.2 Å². The number of aliphatic imine (C=N–C) groups is 1. The van der Waals surface area contributed by atoms with Gasteiger partial charge >= 0.3 is 11.9 Å². The van der Waals surface area contributed by atoms with Gasteiger partial charge in [0.2, 0.25) is 0 Å². The summed E-state index contributed by atoms with van der Waals surface area (Å²) in [7, 11) is 1.53. The van der Waals surface area contributed by atoms with Crippen molar-refractivity contribution in [2.45, 2.75) is 39.0 Å². The quantitative estimate of drug-likeness (QED) is 0.396. The third-order valence-corrected chi connectivity index (χ3v) is 6.95. The van der Waals surface area contributed by atoms with Crippen molar-refractivity contribution in [1.29, 1.82) is 0 Å². The van der Waals surface area contributed by atoms with E-state index in [-0.39, 0.29) is 25.2 Å². The summed E-state index contributed by atoms with van der Waals surface area (Å²) >= 11 is 0. The third kappa shape index (κ3) is 4.92. The molecule has 0 saturated heterocycles. The molecule has 1 fully saturated rings. The molecule has 194 valence electrons. The molecule has 2 aromatic rings. The molecule has 0 aromatic heterocycles. The van der Waals surface area contributed by atoms with Gasteiger partial charge in [0, 0.05) is 23.2 Å². The van der Waals surface area contributed by atoms with Crippen molar-refractivity contribution in [2.24, 2.45) is 16.8 Å². The van der Waals surface area contributed by atoms with Crippen LogP contribution in [0.3, 0.4) is 0 Å². The second-order valence-corrected chi connectivity index (χ2v) is 9.01. The maximum atomic E-state index is 14.3. The van der Waals surface area contributed by atoms with Crippen molar-refractivity contribution < 1.29 is 33.0 Å². The molecule has 0 spiro atoms. The first kappa shape index (κ1) is 26.3. The van der Waals surface area contributed by atoms with Crippen LogP contribution in [0.15, 0.2) is 64.8 Å². The van der Waals surface area contributed by atoms with Crippen LogP contribution in [0.25, 0.3) is 0 Å². The van der Waals surface area contributed by atoms with E-state index in [0.29, 0.717) is 28.3 Å². The molecular formula is C29H30FNO6. The summed E-state index contributed by atoms with van der Waals surface area (Å²) in [6.07, 6.45) is 0.283. The van der Waals surface area contributed by atoms with Crippen LogP contribution in [0, 0.1) is 17.7 Å². The number of ether oxygens (including phenoxy) is 3. The Hall–Kier alpha value is -3.81. The fourth-order valence-corrected chi connectivity index (χ4v) is 5.45. The van der Waals surface area contributed by atoms with Gasteiger partial charge in [0.25, 0.3) is 0 Å². The molecule has 1 saturated carbocycles. The van der Waals surface area contributed by atoms with Crippen LogP contribution < -0.4 is 4.74 Å². The van der Waals surface area contributed by atoms with Crippen LogP contribution >= 0.6 is 0 Å². The number of rotatable bonds is 7. The summed E-state index contributed by atoms with van der Waals surface area (Å²) in [6.45, 7) is 5.33. The Balaban J connectivity index is 1.91. The number of para-hydroxylation sites is 1. The van der Waals surface area contributed by atoms with Crippen molar-refractivity contribution >= 4 is 23.4 Å². The predicted octanol–water partition coefficient (Wildman–Crippen LogP) is 4.76. The molecule has 1 aliphatic heterocycles. The molecule has 0 radical (unpaired) electrons. The van der Waals surface area contributed by atoms with E-state index < -0.39 is 47.2 Å². The van der Waals surface area contributed by atoms with Crippen LogP contribution in [0.5, 0.6) is 5.75 Å². The summed E-state index contributed by atoms with van der Waals surface area (Å²) in [5, 5.41) is 0. The number of hydrogen-bond acceptors (Lipinski definition) is 7. The van der Waals surface area contributed by atoms with Gasteiger partial charge in [0.05, 0.1) is 31.8 Å². The van der Waals surface area contributed by atoms with Crippen LogP contribution in [0.4, 0.5) is 4.39 Å². The van der Waals surface area contributed by atoms with Gasteiger partial charge in [-0.2, -0.15) is 0 Å². The zero-order chi connectivity index (χ0) is 26.7. The minimum Gasteiger partial charge on any atom is -0.496 e. The number of halogens is 1. The summed E-state index contributed by atoms with van der Waals surface area (Å²) < 4.78 is 30.0. The predicted molar refractivity (Wildman–Crippen MR) is 135 cm³/mol. The average molecular weight is 508 g/mol. The molecule has 2 aromatic carbocycles. The smallest absolute Gasteiger partial charge is 0.336 e. The number of allylic oxidation sites excluding steroid dienone is 1. The average Bonchev–Trinajstić information content (AvgIpc) is 2.88. The number of hydrogen-bond donors (Lipinski definition) is 0. The fourth-order valence-electron chi connectivity index (χ4n) is 5.45. The lowest BCUT2D eigenvalue weighted by Gasteiger charge is -2.41. The normalized spacial score (nSPS) is 23.2. The number of ketones is 1. The topological polar surface area (TPSA) is 91.3 Å². The third-order valence-electron chi connectivity index (χ3n) is 6.95. The summed E-state index contributed by atoms with van der Waals surface area (Å²) in [6, 6.07) is 12.9. The Morgan fingerprint density at radius 1 is 1.00 bits per heavy atom. The molecule has 37 heavy (non-hydrogen) atoms. The molecular weight excluding hydrogens is 477 g/mol. The number of carbonyl (C=O) groups excluding carboxylic acids is 3. The molecule has 4 atom stereocenters. The summed E-state index contributed by atoms with van der Waals surface area (Å²) in [5.41, 5.74) is 2.48. The minimum absolute atomic E-state index is 0.112. The highest BCUT2D eigenvalue weighted by molar-refractivity contribution is 6.18. The van der Waals surface area contributed by atoms with E-state index in [2.05, 4.69) is 0 Å². The standard InChI is InChI=1S/C29H30FNO6/c1-5-36-28(33)23-16(3)31-21-15-20(19-9-7-8-10-22(19)35-4)25(29(34)37-6-2)27(32)26(21)24(23)17-11-13-18(30)14-12-17/h7-14,20,24-26H,5-6,15H2,1-4H3/t20-,24+,25+,26?/m0/s1. The Morgan fingerprint density at radius 2 is 1.68 bits per heavy atom. The van der Waals surface area contributed by atoms with Crippen LogP contribution in [-0.4, -0.2) is 43.8 Å². The van der Waals surface area contributed by atoms with Gasteiger partial charge in [-0.05, 0) is 56.5 Å². The molecule has 1 unspecified atom stereocenters. The van der Waals surface area contributed by atoms with Gasteiger partial charge in [-0.15, -0.1) is 0 Å². The molecule has 1 aliphatic carbocycles. The van der Waals surface area contributed by atoms with E-state index in [9.17, 15) is 18.8 Å². The zero-order valence-corrected chi connectivity index (χ0v) is 21.3. The Morgan fingerprint density at radius 3 is 2.32 bits per heavy atom. The Kier molecular flexibility index (Phi) is 7.86. The number of methoxy groups -OCH3 is 1. The van der Waals surface area contributed by atoms with Crippen molar-refractivity contribution in [1.82, 2.24) is 0 Å². The second-order valence-electron chi connectivity index (χ2n) is 9.01. The van der Waals surface area contributed by atoms with Gasteiger partial charge in [-0.1, -0.05) is 30.3 Å². The number of benzene rings is 2. The first-order chi connectivity index (χ1) is 17.8. The lowest BCUT2D eigenvalue weighted by molar-refractivity contribution is -0.153. The van der Waals surface area contributed by atoms with Crippen LogP contribution in [-0.2, 0) is 23.9 Å². The Labute approximate surface area is 215 Å². The lowest BCUT2D eigenvalue weighted by Crippen LogP contribution is -2.48. The molecule has 1 heterocycles. The van der Waals surface area contributed by atoms with Crippen molar-refractivity contribution in [2.75, 3.05) is 20.3 Å². The fraction of sp³-hybridized carbons (Fsp3) is 0.379. The molecule has 2 aliphatic rings. The Bertz CT molecular complexity index is 1270. The van der Waals surface area contributed by atoms with Crippen molar-refractivity contribution in [3.63, 3.8) is 0 Å². The molecule has 0 amide bonds. The first-order valence-corrected chi connectivity index (χ1v) is 12.4. The minimum atomic E-state index is -1.13. The first-order valence-electron chi connectivity index (χ1n) is 12.4. The van der Waals surface area contributed by atoms with E-state index in [1.165, 1.54) is 19.2 Å². The molecule has 0 bridgehead atoms. The van der Waals surface area contributed by atoms with E-state index >= 15 is 0 Å². The molecule has 8 heteroatoms. The number of esters is 2. The second kappa shape index (κ2) is 11.1. The number of carbonyl (C=O) groups is 3. The van der Waals surface area contributed by atoms with Gasteiger partial charge in [0.1, 0.15) is 17.5 Å². The van der Waals surface area contributed by atoms with Gasteiger partial charge < -0.3 is 14.2 Å². The maximum absolute atomic E-state index is 14.3. The molecule has 4 rings (SSSR count). The lowest BCUT2D eigenvalue weighted by atomic mass is 9.62. The van der Waals surface area contributed by atoms with Gasteiger partial charge in [0.15, 0.2) is 5.78 Å². The number of Topliss-reactive ketones (excluding diaryl/α,β-unsaturated/α-hetero) is 1. The number of fused-ring (bicyclic) bond motifs is 1. The highest BCUT2D eigenvalue weighted by Crippen LogP contribution is 2.49. The summed E-state index contributed by atoms with van der Waals surface area (Å²) in [4.78, 5) is 45.3. The zero-order valence-electron chi connectivity index (χ0n) is 21.3. The van der Waals surface area contributed by atoms with Crippen molar-refractivity contribution in [3.8, 4) is 5.75 Å². The van der Waals surface area contributed by atoms with Gasteiger partial charge in [-0.3, -0.25) is 14.6 Å². The number of nitrogens with zero attached hydrogens (tertiary/aromatic N) is 1. The highest BCUT2D eigenvalue weighted by Gasteiger charge is 2.53. The van der Waals surface area contributed by atoms with E-state index in [4.69, 9.17) is 19.2 Å². The van der Waals surface area contributed by atoms with Gasteiger partial charge in [-0.25, -0.2) is 9.18 Å². The van der Waals surface area contributed by atoms with Crippen LogP contribution in [0.2, 0.25) is 0 Å². The van der Waals surface area contributed by atoms with E-state index in [1.54, 1.807) is 39.0 Å². The summed E-state index contributed by atoms with van der Waals surface area (Å²) in [5.74, 6) is -4.91.